The Morgan fingerprint density at radius 3 is 1.88 bits per heavy atom. The number of carbonyl (C=O) groups is 3. The molecule has 0 bridgehead atoms. The van der Waals surface area contributed by atoms with Crippen molar-refractivity contribution < 1.29 is 28.6 Å². The van der Waals surface area contributed by atoms with Crippen LogP contribution < -0.4 is 5.32 Å². The first-order valence-corrected chi connectivity index (χ1v) is 8.63. The molecule has 0 aliphatic carbocycles. The van der Waals surface area contributed by atoms with Crippen LogP contribution in [0.5, 0.6) is 0 Å². The topological polar surface area (TPSA) is 90.9 Å². The monoisotopic (exact) mass is 393 g/mol. The van der Waals surface area contributed by atoms with Crippen LogP contribution in [0, 0.1) is 0 Å². The van der Waals surface area contributed by atoms with Crippen LogP contribution in [0.15, 0.2) is 0 Å². The molecule has 0 unspecified atom stereocenters. The van der Waals surface area contributed by atoms with Gasteiger partial charge in [0.2, 0.25) is 0 Å². The lowest BCUT2D eigenvalue weighted by Gasteiger charge is -2.22. The molecule has 1 N–H and O–H groups in total. The molecule has 0 aliphatic rings. The van der Waals surface area contributed by atoms with Gasteiger partial charge in [0.1, 0.15) is 17.2 Å². The molecule has 1 amide bonds. The fraction of sp³-hybridized carbons (Fsp3) is 0.833. The van der Waals surface area contributed by atoms with Crippen molar-refractivity contribution in [3.05, 3.63) is 0 Å². The lowest BCUT2D eigenvalue weighted by molar-refractivity contribution is -0.155. The SMILES string of the molecule is COC(=O)[C@H](CCCCCC(=O)OC(C)(C)C)NC(=O)OC(C)(C)C.S. The van der Waals surface area contributed by atoms with Gasteiger partial charge in [0, 0.05) is 6.42 Å². The highest BCUT2D eigenvalue weighted by Crippen LogP contribution is 2.13. The van der Waals surface area contributed by atoms with Gasteiger partial charge in [0.05, 0.1) is 7.11 Å². The Bertz CT molecular complexity index is 454. The van der Waals surface area contributed by atoms with Crippen LogP contribution in [0.4, 0.5) is 4.79 Å². The standard InChI is InChI=1S/C18H33NO6.H2S/c1-17(2,3)24-14(20)12-10-8-9-11-13(15(21)23-7)19-16(22)25-18(4,5)6;/h13H,8-12H2,1-7H3,(H,19,22);1H2/t13-;/m0./s1. The lowest BCUT2D eigenvalue weighted by Crippen LogP contribution is -2.44. The molecule has 0 spiro atoms. The summed E-state index contributed by atoms with van der Waals surface area (Å²) in [5, 5.41) is 2.53. The smallest absolute Gasteiger partial charge is 0.408 e. The molecule has 0 aromatic heterocycles. The Hall–Kier alpha value is -1.44. The molecule has 0 aliphatic heterocycles. The molecule has 8 heteroatoms. The van der Waals surface area contributed by atoms with Crippen LogP contribution in [0.2, 0.25) is 0 Å². The number of nitrogens with one attached hydrogen (secondary N) is 1. The number of rotatable bonds is 8. The average Bonchev–Trinajstić information content (AvgIpc) is 2.40. The van der Waals surface area contributed by atoms with Gasteiger partial charge in [0.15, 0.2) is 0 Å². The second kappa shape index (κ2) is 12.0. The Balaban J connectivity index is 0. The van der Waals surface area contributed by atoms with Gasteiger partial charge in [-0.15, -0.1) is 0 Å². The van der Waals surface area contributed by atoms with Crippen molar-refractivity contribution in [2.75, 3.05) is 7.11 Å². The van der Waals surface area contributed by atoms with E-state index in [0.717, 1.165) is 6.42 Å². The first-order chi connectivity index (χ1) is 11.3. The summed E-state index contributed by atoms with van der Waals surface area (Å²) < 4.78 is 15.1. The molecule has 0 rings (SSSR count). The molecule has 0 saturated heterocycles. The van der Waals surface area contributed by atoms with Crippen LogP contribution >= 0.6 is 13.5 Å². The molecule has 154 valence electrons. The number of alkyl carbamates (subject to hydrolysis) is 1. The van der Waals surface area contributed by atoms with Crippen molar-refractivity contribution in [3.8, 4) is 0 Å². The quantitative estimate of drug-likeness (QED) is 0.386. The maximum Gasteiger partial charge on any atom is 0.408 e. The molecule has 0 radical (unpaired) electrons. The minimum absolute atomic E-state index is 0. The van der Waals surface area contributed by atoms with Crippen molar-refractivity contribution in [2.24, 2.45) is 0 Å². The Morgan fingerprint density at radius 2 is 1.42 bits per heavy atom. The maximum atomic E-state index is 11.8. The average molecular weight is 394 g/mol. The fourth-order valence-electron chi connectivity index (χ4n) is 2.03. The maximum absolute atomic E-state index is 11.8. The molecule has 26 heavy (non-hydrogen) atoms. The zero-order chi connectivity index (χ0) is 19.7. The highest BCUT2D eigenvalue weighted by Gasteiger charge is 2.24. The molecular weight excluding hydrogens is 358 g/mol. The highest BCUT2D eigenvalue weighted by atomic mass is 32.1. The number of ether oxygens (including phenoxy) is 3. The van der Waals surface area contributed by atoms with Crippen molar-refractivity contribution in [3.63, 3.8) is 0 Å². The van der Waals surface area contributed by atoms with Crippen LogP contribution in [0.25, 0.3) is 0 Å². The van der Waals surface area contributed by atoms with Gasteiger partial charge in [-0.1, -0.05) is 12.8 Å². The summed E-state index contributed by atoms with van der Waals surface area (Å²) in [5.74, 6) is -0.748. The fourth-order valence-corrected chi connectivity index (χ4v) is 2.03. The van der Waals surface area contributed by atoms with E-state index in [1.165, 1.54) is 7.11 Å². The third kappa shape index (κ3) is 14.9. The largest absolute Gasteiger partial charge is 0.467 e. The van der Waals surface area contributed by atoms with E-state index in [-0.39, 0.29) is 19.5 Å². The normalized spacial score (nSPS) is 12.4. The van der Waals surface area contributed by atoms with Gasteiger partial charge >= 0.3 is 18.0 Å². The van der Waals surface area contributed by atoms with E-state index in [0.29, 0.717) is 25.7 Å². The molecule has 0 fully saturated rings. The first kappa shape index (κ1) is 26.8. The summed E-state index contributed by atoms with van der Waals surface area (Å²) in [6, 6.07) is -0.763. The second-order valence-corrected chi connectivity index (χ2v) is 7.91. The van der Waals surface area contributed by atoms with Gasteiger partial charge in [-0.2, -0.15) is 13.5 Å². The number of esters is 2. The van der Waals surface area contributed by atoms with Gasteiger partial charge in [-0.05, 0) is 54.4 Å². The summed E-state index contributed by atoms with van der Waals surface area (Å²) in [6.45, 7) is 10.7. The summed E-state index contributed by atoms with van der Waals surface area (Å²) in [6.07, 6.45) is 2.16. The minimum atomic E-state index is -0.763. The first-order valence-electron chi connectivity index (χ1n) is 8.63. The second-order valence-electron chi connectivity index (χ2n) is 7.91. The summed E-state index contributed by atoms with van der Waals surface area (Å²) >= 11 is 0. The predicted octanol–water partition coefficient (Wildman–Crippen LogP) is 3.46. The van der Waals surface area contributed by atoms with E-state index in [9.17, 15) is 14.4 Å². The molecule has 0 aromatic rings. The number of amides is 1. The number of hydrogen-bond donors (Lipinski definition) is 1. The summed E-state index contributed by atoms with van der Waals surface area (Å²) in [7, 11) is 1.27. The number of unbranched alkanes of at least 4 members (excludes halogenated alkanes) is 2. The van der Waals surface area contributed by atoms with Gasteiger partial charge in [-0.3, -0.25) is 4.79 Å². The van der Waals surface area contributed by atoms with E-state index in [1.807, 2.05) is 20.8 Å². The lowest BCUT2D eigenvalue weighted by atomic mass is 10.1. The Labute approximate surface area is 164 Å². The van der Waals surface area contributed by atoms with Crippen LogP contribution in [-0.2, 0) is 23.8 Å². The van der Waals surface area contributed by atoms with Gasteiger partial charge in [-0.25, -0.2) is 9.59 Å². The molecule has 0 heterocycles. The Morgan fingerprint density at radius 1 is 0.885 bits per heavy atom. The van der Waals surface area contributed by atoms with Crippen LogP contribution in [-0.4, -0.2) is 42.4 Å². The zero-order valence-electron chi connectivity index (χ0n) is 17.1. The number of carbonyl (C=O) groups excluding carboxylic acids is 3. The zero-order valence-corrected chi connectivity index (χ0v) is 18.1. The Kier molecular flexibility index (Phi) is 12.4. The summed E-state index contributed by atoms with van der Waals surface area (Å²) in [4.78, 5) is 35.2. The van der Waals surface area contributed by atoms with Crippen LogP contribution in [0.1, 0.15) is 73.6 Å². The molecular formula is C18H35NO6S. The van der Waals surface area contributed by atoms with Gasteiger partial charge in [0.25, 0.3) is 0 Å². The number of methoxy groups -OCH3 is 1. The molecule has 7 nitrogen and oxygen atoms in total. The van der Waals surface area contributed by atoms with Crippen molar-refractivity contribution in [1.82, 2.24) is 5.32 Å². The molecule has 1 atom stereocenters. The van der Waals surface area contributed by atoms with Crippen molar-refractivity contribution in [2.45, 2.75) is 90.9 Å². The minimum Gasteiger partial charge on any atom is -0.467 e. The van der Waals surface area contributed by atoms with Crippen molar-refractivity contribution in [1.29, 1.82) is 0 Å². The van der Waals surface area contributed by atoms with Crippen LogP contribution in [0.3, 0.4) is 0 Å². The van der Waals surface area contributed by atoms with E-state index < -0.39 is 29.3 Å². The third-order valence-corrected chi connectivity index (χ3v) is 2.97. The predicted molar refractivity (Wildman–Crippen MR) is 104 cm³/mol. The molecule has 0 saturated carbocycles. The molecule has 0 aromatic carbocycles. The van der Waals surface area contributed by atoms with Gasteiger partial charge < -0.3 is 19.5 Å². The summed E-state index contributed by atoms with van der Waals surface area (Å²) in [5.41, 5.74) is -1.12. The van der Waals surface area contributed by atoms with Crippen molar-refractivity contribution >= 4 is 31.5 Å². The van der Waals surface area contributed by atoms with E-state index in [2.05, 4.69) is 5.32 Å². The van der Waals surface area contributed by atoms with E-state index >= 15 is 0 Å². The highest BCUT2D eigenvalue weighted by molar-refractivity contribution is 7.59. The van der Waals surface area contributed by atoms with E-state index in [1.54, 1.807) is 20.8 Å². The number of hydrogen-bond acceptors (Lipinski definition) is 6. The van der Waals surface area contributed by atoms with E-state index in [4.69, 9.17) is 14.2 Å². The third-order valence-electron chi connectivity index (χ3n) is 2.97.